The second kappa shape index (κ2) is 9.18. The summed E-state index contributed by atoms with van der Waals surface area (Å²) in [5.74, 6) is 1.59. The zero-order valence-corrected chi connectivity index (χ0v) is 19.3. The maximum Gasteiger partial charge on any atom is 0.264 e. The van der Waals surface area contributed by atoms with Crippen LogP contribution in [0.4, 0.5) is 5.69 Å². The van der Waals surface area contributed by atoms with Crippen molar-refractivity contribution in [2.75, 3.05) is 10.8 Å². The standard InChI is InChI=1S/C22H27ClN4O2S/c1-5-6-14-27(30(28,29)18-10-8-7-9-11-18)20-13-12-17(23)15-19(20)22-25-24-21(16(2)3)26(22)4/h7-13,15-16H,5-6,14H2,1-4H3. The molecule has 0 N–H and O–H groups in total. The van der Waals surface area contributed by atoms with Gasteiger partial charge >= 0.3 is 0 Å². The number of nitrogens with zero attached hydrogens (tertiary/aromatic N) is 4. The van der Waals surface area contributed by atoms with E-state index in [1.54, 1.807) is 48.5 Å². The number of benzene rings is 2. The van der Waals surface area contributed by atoms with Crippen LogP contribution in [0.5, 0.6) is 0 Å². The minimum atomic E-state index is -3.76. The van der Waals surface area contributed by atoms with Gasteiger partial charge in [-0.3, -0.25) is 4.31 Å². The molecule has 8 heteroatoms. The van der Waals surface area contributed by atoms with Gasteiger partial charge in [-0.1, -0.05) is 57.0 Å². The van der Waals surface area contributed by atoms with Crippen molar-refractivity contribution in [2.24, 2.45) is 7.05 Å². The first-order valence-electron chi connectivity index (χ1n) is 10.0. The van der Waals surface area contributed by atoms with Crippen LogP contribution in [0.15, 0.2) is 53.4 Å². The molecule has 0 aliphatic carbocycles. The molecule has 0 radical (unpaired) electrons. The van der Waals surface area contributed by atoms with Crippen molar-refractivity contribution in [3.63, 3.8) is 0 Å². The average Bonchev–Trinajstić information content (AvgIpc) is 3.11. The van der Waals surface area contributed by atoms with E-state index in [-0.39, 0.29) is 10.8 Å². The molecule has 0 aliphatic rings. The third-order valence-electron chi connectivity index (χ3n) is 4.94. The number of sulfonamides is 1. The van der Waals surface area contributed by atoms with E-state index < -0.39 is 10.0 Å². The molecule has 30 heavy (non-hydrogen) atoms. The first-order valence-corrected chi connectivity index (χ1v) is 11.9. The lowest BCUT2D eigenvalue weighted by Gasteiger charge is -2.26. The fraction of sp³-hybridized carbons (Fsp3) is 0.364. The van der Waals surface area contributed by atoms with Crippen molar-refractivity contribution >= 4 is 27.3 Å². The Kier molecular flexibility index (Phi) is 6.83. The molecule has 2 aromatic carbocycles. The molecule has 0 amide bonds. The van der Waals surface area contributed by atoms with Crippen LogP contribution in [0.1, 0.15) is 45.4 Å². The zero-order chi connectivity index (χ0) is 21.9. The number of hydrogen-bond acceptors (Lipinski definition) is 4. The van der Waals surface area contributed by atoms with E-state index in [0.717, 1.165) is 18.7 Å². The van der Waals surface area contributed by atoms with Gasteiger partial charge in [-0.15, -0.1) is 10.2 Å². The van der Waals surface area contributed by atoms with Crippen LogP contribution in [0.25, 0.3) is 11.4 Å². The van der Waals surface area contributed by atoms with Crippen molar-refractivity contribution in [3.05, 3.63) is 59.4 Å². The molecule has 0 aliphatic heterocycles. The molecule has 0 atom stereocenters. The van der Waals surface area contributed by atoms with Gasteiger partial charge in [0.15, 0.2) is 5.82 Å². The van der Waals surface area contributed by atoms with Gasteiger partial charge in [0.05, 0.1) is 10.6 Å². The highest BCUT2D eigenvalue weighted by molar-refractivity contribution is 7.92. The minimum Gasteiger partial charge on any atom is -0.314 e. The molecule has 6 nitrogen and oxygen atoms in total. The van der Waals surface area contributed by atoms with E-state index in [2.05, 4.69) is 10.2 Å². The van der Waals surface area contributed by atoms with Gasteiger partial charge in [0, 0.05) is 30.1 Å². The monoisotopic (exact) mass is 446 g/mol. The molecule has 160 valence electrons. The van der Waals surface area contributed by atoms with Crippen LogP contribution in [0, 0.1) is 0 Å². The maximum atomic E-state index is 13.6. The molecule has 0 spiro atoms. The number of rotatable bonds is 8. The number of hydrogen-bond donors (Lipinski definition) is 0. The highest BCUT2D eigenvalue weighted by Crippen LogP contribution is 2.36. The molecule has 1 heterocycles. The predicted molar refractivity (Wildman–Crippen MR) is 121 cm³/mol. The maximum absolute atomic E-state index is 13.6. The quantitative estimate of drug-likeness (QED) is 0.473. The Balaban J connectivity index is 2.21. The lowest BCUT2D eigenvalue weighted by molar-refractivity contribution is 0.588. The highest BCUT2D eigenvalue weighted by Gasteiger charge is 2.28. The Hall–Kier alpha value is -2.38. The molecular weight excluding hydrogens is 420 g/mol. The first kappa shape index (κ1) is 22.3. The van der Waals surface area contributed by atoms with Gasteiger partial charge < -0.3 is 4.57 Å². The predicted octanol–water partition coefficient (Wildman–Crippen LogP) is 5.25. The summed E-state index contributed by atoms with van der Waals surface area (Å²) in [6, 6.07) is 13.7. The lowest BCUT2D eigenvalue weighted by atomic mass is 10.1. The smallest absolute Gasteiger partial charge is 0.264 e. The molecule has 0 bridgehead atoms. The van der Waals surface area contributed by atoms with Crippen LogP contribution >= 0.6 is 11.6 Å². The third kappa shape index (κ3) is 4.37. The Morgan fingerprint density at radius 3 is 2.40 bits per heavy atom. The Morgan fingerprint density at radius 2 is 1.80 bits per heavy atom. The summed E-state index contributed by atoms with van der Waals surface area (Å²) < 4.78 is 30.5. The van der Waals surface area contributed by atoms with E-state index >= 15 is 0 Å². The average molecular weight is 447 g/mol. The second-order valence-electron chi connectivity index (χ2n) is 7.50. The molecule has 1 aromatic heterocycles. The van der Waals surface area contributed by atoms with Gasteiger partial charge in [0.25, 0.3) is 10.0 Å². The van der Waals surface area contributed by atoms with Gasteiger partial charge in [-0.25, -0.2) is 8.42 Å². The summed E-state index contributed by atoms with van der Waals surface area (Å²) in [4.78, 5) is 0.253. The first-order chi connectivity index (χ1) is 14.3. The normalized spacial score (nSPS) is 11.8. The van der Waals surface area contributed by atoms with Crippen LogP contribution in [-0.4, -0.2) is 29.7 Å². The van der Waals surface area contributed by atoms with Crippen molar-refractivity contribution in [1.82, 2.24) is 14.8 Å². The largest absolute Gasteiger partial charge is 0.314 e. The van der Waals surface area contributed by atoms with Crippen molar-refractivity contribution in [3.8, 4) is 11.4 Å². The summed E-state index contributed by atoms with van der Waals surface area (Å²) in [5, 5.41) is 9.18. The van der Waals surface area contributed by atoms with E-state index in [0.29, 0.717) is 28.6 Å². The van der Waals surface area contributed by atoms with E-state index in [1.807, 2.05) is 32.4 Å². The van der Waals surface area contributed by atoms with Crippen LogP contribution < -0.4 is 4.31 Å². The SMILES string of the molecule is CCCCN(c1ccc(Cl)cc1-c1nnc(C(C)C)n1C)S(=O)(=O)c1ccccc1. The topological polar surface area (TPSA) is 68.1 Å². The number of anilines is 1. The summed E-state index contributed by atoms with van der Waals surface area (Å²) >= 11 is 6.30. The van der Waals surface area contributed by atoms with Gasteiger partial charge in [-0.2, -0.15) is 0 Å². The summed E-state index contributed by atoms with van der Waals surface area (Å²) in [6.45, 7) is 6.48. The Labute approximate surface area is 183 Å². The van der Waals surface area contributed by atoms with Crippen LogP contribution in [0.2, 0.25) is 5.02 Å². The fourth-order valence-electron chi connectivity index (χ4n) is 3.37. The fourth-order valence-corrected chi connectivity index (χ4v) is 5.09. The number of aromatic nitrogens is 3. The van der Waals surface area contributed by atoms with Crippen LogP contribution in [0.3, 0.4) is 0 Å². The second-order valence-corrected chi connectivity index (χ2v) is 9.80. The van der Waals surface area contributed by atoms with E-state index in [9.17, 15) is 8.42 Å². The van der Waals surface area contributed by atoms with E-state index in [1.165, 1.54) is 4.31 Å². The lowest BCUT2D eigenvalue weighted by Crippen LogP contribution is -2.32. The molecule has 3 aromatic rings. The number of halogens is 1. The molecule has 0 fully saturated rings. The van der Waals surface area contributed by atoms with Gasteiger partial charge in [0.1, 0.15) is 5.82 Å². The Morgan fingerprint density at radius 1 is 1.10 bits per heavy atom. The van der Waals surface area contributed by atoms with Crippen molar-refractivity contribution < 1.29 is 8.42 Å². The summed E-state index contributed by atoms with van der Waals surface area (Å²) in [7, 11) is -1.87. The van der Waals surface area contributed by atoms with E-state index in [4.69, 9.17) is 11.6 Å². The summed E-state index contributed by atoms with van der Waals surface area (Å²) in [5.41, 5.74) is 1.18. The molecule has 0 saturated heterocycles. The Bertz CT molecular complexity index is 1110. The van der Waals surface area contributed by atoms with Crippen molar-refractivity contribution in [2.45, 2.75) is 44.4 Å². The van der Waals surface area contributed by atoms with Crippen LogP contribution in [-0.2, 0) is 17.1 Å². The van der Waals surface area contributed by atoms with Gasteiger partial charge in [-0.05, 0) is 36.8 Å². The molecule has 0 unspecified atom stereocenters. The number of unbranched alkanes of at least 4 members (excludes halogenated alkanes) is 1. The third-order valence-corrected chi connectivity index (χ3v) is 7.00. The molecule has 0 saturated carbocycles. The molecule has 3 rings (SSSR count). The molecular formula is C22H27ClN4O2S. The summed E-state index contributed by atoms with van der Waals surface area (Å²) in [6.07, 6.45) is 1.59. The highest BCUT2D eigenvalue weighted by atomic mass is 35.5. The van der Waals surface area contributed by atoms with Crippen molar-refractivity contribution in [1.29, 1.82) is 0 Å². The van der Waals surface area contributed by atoms with Gasteiger partial charge in [0.2, 0.25) is 0 Å². The zero-order valence-electron chi connectivity index (χ0n) is 17.7. The minimum absolute atomic E-state index is 0.183.